The maximum atomic E-state index is 12.1. The van der Waals surface area contributed by atoms with Gasteiger partial charge in [0, 0.05) is 12.2 Å². The van der Waals surface area contributed by atoms with E-state index in [1.54, 1.807) is 0 Å². The number of carbonyl (C=O) groups excluding carboxylic acids is 1. The summed E-state index contributed by atoms with van der Waals surface area (Å²) in [4.78, 5) is 11.9. The fourth-order valence-corrected chi connectivity index (χ4v) is 1.96. The van der Waals surface area contributed by atoms with Gasteiger partial charge in [-0.05, 0) is 18.2 Å². The molecule has 8 heteroatoms. The van der Waals surface area contributed by atoms with Gasteiger partial charge in [0.15, 0.2) is 0 Å². The smallest absolute Gasteiger partial charge is 0.387 e. The normalized spacial score (nSPS) is 18.9. The van der Waals surface area contributed by atoms with Crippen LogP contribution in [0.4, 0.5) is 14.5 Å². The second kappa shape index (κ2) is 6.83. The first-order valence-corrected chi connectivity index (χ1v) is 6.30. The van der Waals surface area contributed by atoms with Crippen LogP contribution < -0.4 is 15.4 Å². The van der Waals surface area contributed by atoms with Crippen molar-refractivity contribution in [2.45, 2.75) is 12.7 Å². The number of morpholine rings is 1. The molecular weight excluding hydrogens is 294 g/mol. The summed E-state index contributed by atoms with van der Waals surface area (Å²) >= 11 is 5.79. The van der Waals surface area contributed by atoms with Gasteiger partial charge in [0.2, 0.25) is 5.91 Å². The zero-order chi connectivity index (χ0) is 14.5. The number of alkyl halides is 2. The van der Waals surface area contributed by atoms with Crippen molar-refractivity contribution in [3.8, 4) is 5.75 Å². The molecule has 2 rings (SSSR count). The van der Waals surface area contributed by atoms with Crippen LogP contribution in [0.15, 0.2) is 18.2 Å². The molecule has 1 fully saturated rings. The van der Waals surface area contributed by atoms with E-state index >= 15 is 0 Å². The molecule has 0 spiro atoms. The van der Waals surface area contributed by atoms with Crippen molar-refractivity contribution < 1.29 is 23.0 Å². The van der Waals surface area contributed by atoms with Gasteiger partial charge in [-0.3, -0.25) is 4.79 Å². The van der Waals surface area contributed by atoms with Gasteiger partial charge in [-0.15, -0.1) is 0 Å². The molecule has 0 aromatic heterocycles. The highest BCUT2D eigenvalue weighted by Gasteiger charge is 2.21. The summed E-state index contributed by atoms with van der Waals surface area (Å²) in [6, 6.07) is 3.61. The molecule has 1 aliphatic heterocycles. The lowest BCUT2D eigenvalue weighted by atomic mass is 10.2. The predicted octanol–water partition coefficient (Wildman–Crippen LogP) is 1.87. The molecule has 1 aromatic rings. The number of carbonyl (C=O) groups is 1. The molecule has 1 heterocycles. The van der Waals surface area contributed by atoms with Gasteiger partial charge in [0.05, 0.1) is 18.2 Å². The topological polar surface area (TPSA) is 59.6 Å². The fraction of sp³-hybridized carbons (Fsp3) is 0.417. The Morgan fingerprint density at radius 1 is 1.55 bits per heavy atom. The van der Waals surface area contributed by atoms with E-state index in [9.17, 15) is 13.6 Å². The lowest BCUT2D eigenvalue weighted by molar-refractivity contribution is -0.120. The van der Waals surface area contributed by atoms with Crippen LogP contribution >= 0.6 is 11.6 Å². The summed E-state index contributed by atoms with van der Waals surface area (Å²) in [5.74, 6) is -0.415. The molecule has 1 atom stereocenters. The van der Waals surface area contributed by atoms with Crippen LogP contribution in [0.3, 0.4) is 0 Å². The maximum absolute atomic E-state index is 12.1. The highest BCUT2D eigenvalue weighted by molar-refractivity contribution is 6.32. The van der Waals surface area contributed by atoms with Crippen LogP contribution in [0.2, 0.25) is 5.02 Å². The predicted molar refractivity (Wildman–Crippen MR) is 69.3 cm³/mol. The van der Waals surface area contributed by atoms with Gasteiger partial charge in [-0.1, -0.05) is 11.6 Å². The number of anilines is 1. The minimum atomic E-state index is -2.95. The molecule has 1 amide bonds. The maximum Gasteiger partial charge on any atom is 0.387 e. The van der Waals surface area contributed by atoms with Crippen LogP contribution in [0.5, 0.6) is 5.75 Å². The minimum Gasteiger partial charge on any atom is -0.433 e. The largest absolute Gasteiger partial charge is 0.433 e. The average molecular weight is 307 g/mol. The van der Waals surface area contributed by atoms with E-state index in [1.807, 2.05) is 0 Å². The Kier molecular flexibility index (Phi) is 5.11. The van der Waals surface area contributed by atoms with Gasteiger partial charge >= 0.3 is 6.61 Å². The monoisotopic (exact) mass is 306 g/mol. The summed E-state index contributed by atoms with van der Waals surface area (Å²) in [5, 5.41) is 5.62. The Balaban J connectivity index is 1.99. The van der Waals surface area contributed by atoms with Crippen molar-refractivity contribution >= 4 is 23.2 Å². The first-order chi connectivity index (χ1) is 9.56. The van der Waals surface area contributed by atoms with Crippen LogP contribution in [-0.4, -0.2) is 38.3 Å². The molecule has 1 aliphatic rings. The molecule has 0 radical (unpaired) electrons. The van der Waals surface area contributed by atoms with E-state index < -0.39 is 12.7 Å². The molecular formula is C12H13ClF2N2O3. The number of rotatable bonds is 4. The molecule has 1 saturated heterocycles. The van der Waals surface area contributed by atoms with Crippen molar-refractivity contribution in [1.29, 1.82) is 0 Å². The number of amides is 1. The third kappa shape index (κ3) is 4.03. The van der Waals surface area contributed by atoms with Crippen molar-refractivity contribution in [2.24, 2.45) is 0 Å². The Bertz CT molecular complexity index is 482. The first kappa shape index (κ1) is 15.0. The van der Waals surface area contributed by atoms with E-state index in [1.165, 1.54) is 18.2 Å². The van der Waals surface area contributed by atoms with Crippen LogP contribution in [-0.2, 0) is 9.53 Å². The quantitative estimate of drug-likeness (QED) is 0.891. The van der Waals surface area contributed by atoms with Gasteiger partial charge in [0.25, 0.3) is 0 Å². The number of benzene rings is 1. The lowest BCUT2D eigenvalue weighted by Gasteiger charge is -2.23. The summed E-state index contributed by atoms with van der Waals surface area (Å²) in [6.45, 7) is -1.50. The summed E-state index contributed by atoms with van der Waals surface area (Å²) in [5.41, 5.74) is 0.397. The first-order valence-electron chi connectivity index (χ1n) is 5.92. The Morgan fingerprint density at radius 2 is 2.35 bits per heavy atom. The highest BCUT2D eigenvalue weighted by Crippen LogP contribution is 2.28. The molecule has 2 N–H and O–H groups in total. The summed E-state index contributed by atoms with van der Waals surface area (Å²) in [6.07, 6.45) is 0. The van der Waals surface area contributed by atoms with Crippen LogP contribution in [0, 0.1) is 0 Å². The molecule has 0 saturated carbocycles. The lowest BCUT2D eigenvalue weighted by Crippen LogP contribution is -2.48. The second-order valence-electron chi connectivity index (χ2n) is 4.09. The molecule has 20 heavy (non-hydrogen) atoms. The Hall–Kier alpha value is -1.44. The zero-order valence-electron chi connectivity index (χ0n) is 10.4. The van der Waals surface area contributed by atoms with E-state index in [0.717, 1.165) is 0 Å². The average Bonchev–Trinajstić information content (AvgIpc) is 2.42. The molecule has 5 nitrogen and oxygen atoms in total. The number of hydrogen-bond acceptors (Lipinski definition) is 4. The Labute approximate surface area is 119 Å². The highest BCUT2D eigenvalue weighted by atomic mass is 35.5. The minimum absolute atomic E-state index is 0.00375. The Morgan fingerprint density at radius 3 is 2.95 bits per heavy atom. The second-order valence-corrected chi connectivity index (χ2v) is 4.50. The third-order valence-corrected chi connectivity index (χ3v) is 2.95. The molecule has 1 unspecified atom stereocenters. The van der Waals surface area contributed by atoms with Crippen molar-refractivity contribution in [3.63, 3.8) is 0 Å². The van der Waals surface area contributed by atoms with Gasteiger partial charge in [-0.25, -0.2) is 0 Å². The number of hydrogen-bond donors (Lipinski definition) is 2. The van der Waals surface area contributed by atoms with Crippen LogP contribution in [0.25, 0.3) is 0 Å². The standard InChI is InChI=1S/C12H13ClF2N2O3/c13-8-5-7(1-2-10(8)20-12(14)15)17-11(18)9-6-19-4-3-16-9/h1-2,5,9,12,16H,3-4,6H2,(H,17,18). The van der Waals surface area contributed by atoms with Crippen molar-refractivity contribution in [2.75, 3.05) is 25.1 Å². The molecule has 0 bridgehead atoms. The molecule has 0 aliphatic carbocycles. The van der Waals surface area contributed by atoms with E-state index in [4.69, 9.17) is 16.3 Å². The SMILES string of the molecule is O=C(Nc1ccc(OC(F)F)c(Cl)c1)C1COCCN1. The molecule has 110 valence electrons. The third-order valence-electron chi connectivity index (χ3n) is 2.65. The van der Waals surface area contributed by atoms with Crippen molar-refractivity contribution in [1.82, 2.24) is 5.32 Å². The van der Waals surface area contributed by atoms with E-state index in [-0.39, 0.29) is 23.3 Å². The summed E-state index contributed by atoms with van der Waals surface area (Å²) in [7, 11) is 0. The van der Waals surface area contributed by atoms with Gasteiger partial charge in [-0.2, -0.15) is 8.78 Å². The molecule has 1 aromatic carbocycles. The van der Waals surface area contributed by atoms with Crippen molar-refractivity contribution in [3.05, 3.63) is 23.2 Å². The number of halogens is 3. The zero-order valence-corrected chi connectivity index (χ0v) is 11.1. The van der Waals surface area contributed by atoms with E-state index in [0.29, 0.717) is 18.8 Å². The number of nitrogens with one attached hydrogen (secondary N) is 2. The summed E-state index contributed by atoms with van der Waals surface area (Å²) < 4.78 is 33.5. The van der Waals surface area contributed by atoms with Crippen LogP contribution in [0.1, 0.15) is 0 Å². The van der Waals surface area contributed by atoms with Gasteiger partial charge < -0.3 is 20.1 Å². The fourth-order valence-electron chi connectivity index (χ4n) is 1.73. The van der Waals surface area contributed by atoms with Gasteiger partial charge in [0.1, 0.15) is 11.8 Å². The van der Waals surface area contributed by atoms with E-state index in [2.05, 4.69) is 15.4 Å². The number of ether oxygens (including phenoxy) is 2.